The van der Waals surface area contributed by atoms with Gasteiger partial charge in [-0.1, -0.05) is 35.9 Å². The maximum Gasteiger partial charge on any atom is 0.270 e. The van der Waals surface area contributed by atoms with Crippen LogP contribution >= 0.6 is 11.6 Å². The Kier molecular flexibility index (Phi) is 7.21. The second-order valence-corrected chi connectivity index (χ2v) is 7.04. The maximum atomic E-state index is 12.4. The number of non-ortho nitro benzene ring substituents is 1. The molecule has 7 nitrogen and oxygen atoms in total. The first-order valence-electron chi connectivity index (χ1n) is 9.34. The number of piperazine rings is 1. The number of nitro groups is 1. The molecule has 1 amide bonds. The molecule has 3 rings (SSSR count). The standard InChI is InChI=1S/C21H22ClN3O4/c22-19-6-1-2-7-20(19)29-15-14-23-10-12-24(13-11-23)21(26)9-8-17-4-3-5-18(16-17)25(27)28/h1-9,16H,10-15H2/b9-8+. The van der Waals surface area contributed by atoms with Crippen LogP contribution in [0.15, 0.2) is 54.6 Å². The van der Waals surface area contributed by atoms with Crippen molar-refractivity contribution in [1.29, 1.82) is 0 Å². The molecule has 0 aromatic heterocycles. The molecule has 2 aromatic rings. The van der Waals surface area contributed by atoms with E-state index in [2.05, 4.69) is 4.90 Å². The first-order valence-corrected chi connectivity index (χ1v) is 9.72. The van der Waals surface area contributed by atoms with Gasteiger partial charge in [-0.3, -0.25) is 19.8 Å². The van der Waals surface area contributed by atoms with Crippen molar-refractivity contribution in [2.75, 3.05) is 39.3 Å². The van der Waals surface area contributed by atoms with Gasteiger partial charge in [0.15, 0.2) is 0 Å². The van der Waals surface area contributed by atoms with Crippen molar-refractivity contribution in [3.63, 3.8) is 0 Å². The van der Waals surface area contributed by atoms with E-state index < -0.39 is 4.92 Å². The lowest BCUT2D eigenvalue weighted by Gasteiger charge is -2.34. The van der Waals surface area contributed by atoms with Gasteiger partial charge < -0.3 is 9.64 Å². The summed E-state index contributed by atoms with van der Waals surface area (Å²) in [7, 11) is 0. The molecule has 29 heavy (non-hydrogen) atoms. The zero-order valence-electron chi connectivity index (χ0n) is 15.9. The van der Waals surface area contributed by atoms with Crippen LogP contribution in [-0.2, 0) is 4.79 Å². The third-order valence-electron chi connectivity index (χ3n) is 4.69. The van der Waals surface area contributed by atoms with E-state index in [1.165, 1.54) is 18.2 Å². The van der Waals surface area contributed by atoms with E-state index >= 15 is 0 Å². The quantitative estimate of drug-likeness (QED) is 0.393. The third-order valence-corrected chi connectivity index (χ3v) is 5.00. The van der Waals surface area contributed by atoms with Gasteiger partial charge in [0.05, 0.1) is 9.95 Å². The molecule has 1 saturated heterocycles. The second-order valence-electron chi connectivity index (χ2n) is 6.63. The Hall–Kier alpha value is -2.90. The Morgan fingerprint density at radius 1 is 1.14 bits per heavy atom. The number of halogens is 1. The molecule has 1 heterocycles. The van der Waals surface area contributed by atoms with E-state index in [-0.39, 0.29) is 11.6 Å². The monoisotopic (exact) mass is 415 g/mol. The Morgan fingerprint density at radius 3 is 2.62 bits per heavy atom. The largest absolute Gasteiger partial charge is 0.491 e. The number of para-hydroxylation sites is 1. The van der Waals surface area contributed by atoms with E-state index in [9.17, 15) is 14.9 Å². The van der Waals surface area contributed by atoms with Crippen molar-refractivity contribution in [2.24, 2.45) is 0 Å². The summed E-state index contributed by atoms with van der Waals surface area (Å²) in [5.74, 6) is 0.581. The van der Waals surface area contributed by atoms with Crippen LogP contribution in [0, 0.1) is 10.1 Å². The minimum Gasteiger partial charge on any atom is -0.491 e. The highest BCUT2D eigenvalue weighted by Gasteiger charge is 2.19. The van der Waals surface area contributed by atoms with Crippen LogP contribution in [0.3, 0.4) is 0 Å². The molecule has 0 radical (unpaired) electrons. The predicted molar refractivity (Wildman–Crippen MR) is 112 cm³/mol. The van der Waals surface area contributed by atoms with E-state index in [1.807, 2.05) is 18.2 Å². The Bertz CT molecular complexity index is 895. The maximum absolute atomic E-state index is 12.4. The summed E-state index contributed by atoms with van der Waals surface area (Å²) < 4.78 is 5.71. The van der Waals surface area contributed by atoms with Gasteiger partial charge in [0, 0.05) is 50.9 Å². The molecule has 0 bridgehead atoms. The van der Waals surface area contributed by atoms with Gasteiger partial charge in [-0.15, -0.1) is 0 Å². The molecule has 1 fully saturated rings. The molecular formula is C21H22ClN3O4. The molecule has 152 valence electrons. The number of amides is 1. The summed E-state index contributed by atoms with van der Waals surface area (Å²) in [5.41, 5.74) is 0.634. The van der Waals surface area contributed by atoms with Crippen LogP contribution in [0.2, 0.25) is 5.02 Å². The summed E-state index contributed by atoms with van der Waals surface area (Å²) >= 11 is 6.08. The van der Waals surface area contributed by atoms with Crippen molar-refractivity contribution in [3.05, 3.63) is 75.3 Å². The summed E-state index contributed by atoms with van der Waals surface area (Å²) in [6, 6.07) is 13.6. The Balaban J connectivity index is 1.43. The molecule has 0 N–H and O–H groups in total. The second kappa shape index (κ2) is 10.0. The zero-order valence-corrected chi connectivity index (χ0v) is 16.6. The highest BCUT2D eigenvalue weighted by atomic mass is 35.5. The average molecular weight is 416 g/mol. The number of hydrogen-bond acceptors (Lipinski definition) is 5. The topological polar surface area (TPSA) is 75.9 Å². The van der Waals surface area contributed by atoms with E-state index in [4.69, 9.17) is 16.3 Å². The van der Waals surface area contributed by atoms with Gasteiger partial charge in [-0.2, -0.15) is 0 Å². The Morgan fingerprint density at radius 2 is 1.90 bits per heavy atom. The van der Waals surface area contributed by atoms with Crippen molar-refractivity contribution < 1.29 is 14.5 Å². The van der Waals surface area contributed by atoms with Gasteiger partial charge in [-0.25, -0.2) is 0 Å². The number of ether oxygens (including phenoxy) is 1. The number of nitrogens with zero attached hydrogens (tertiary/aromatic N) is 3. The van der Waals surface area contributed by atoms with Crippen molar-refractivity contribution >= 4 is 29.3 Å². The molecular weight excluding hydrogens is 394 g/mol. The summed E-state index contributed by atoms with van der Waals surface area (Å²) in [6.07, 6.45) is 3.08. The lowest BCUT2D eigenvalue weighted by Crippen LogP contribution is -2.49. The first kappa shape index (κ1) is 20.8. The van der Waals surface area contributed by atoms with Crippen molar-refractivity contribution in [3.8, 4) is 5.75 Å². The third kappa shape index (κ3) is 6.04. The van der Waals surface area contributed by atoms with Crippen LogP contribution < -0.4 is 4.74 Å². The van der Waals surface area contributed by atoms with E-state index in [0.717, 1.165) is 19.6 Å². The molecule has 0 atom stereocenters. The lowest BCUT2D eigenvalue weighted by molar-refractivity contribution is -0.384. The molecule has 0 saturated carbocycles. The SMILES string of the molecule is O=C(/C=C/c1cccc([N+](=O)[O-])c1)N1CCN(CCOc2ccccc2Cl)CC1. The minimum atomic E-state index is -0.451. The van der Waals surface area contributed by atoms with Gasteiger partial charge >= 0.3 is 0 Å². The molecule has 0 aliphatic carbocycles. The molecule has 1 aliphatic rings. The fourth-order valence-electron chi connectivity index (χ4n) is 3.05. The van der Waals surface area contributed by atoms with Crippen molar-refractivity contribution in [2.45, 2.75) is 0 Å². The summed E-state index contributed by atoms with van der Waals surface area (Å²) in [6.45, 7) is 4.08. The van der Waals surface area contributed by atoms with Crippen LogP contribution in [0.5, 0.6) is 5.75 Å². The van der Waals surface area contributed by atoms with Gasteiger partial charge in [0.25, 0.3) is 5.69 Å². The molecule has 1 aliphatic heterocycles. The minimum absolute atomic E-state index is 0.00669. The molecule has 0 unspecified atom stereocenters. The van der Waals surface area contributed by atoms with Crippen molar-refractivity contribution in [1.82, 2.24) is 9.80 Å². The van der Waals surface area contributed by atoms with E-state index in [0.29, 0.717) is 36.0 Å². The number of carbonyl (C=O) groups is 1. The summed E-state index contributed by atoms with van der Waals surface area (Å²) in [5, 5.41) is 11.4. The Labute approximate surface area is 174 Å². The lowest BCUT2D eigenvalue weighted by atomic mass is 10.2. The highest BCUT2D eigenvalue weighted by molar-refractivity contribution is 6.32. The van der Waals surface area contributed by atoms with E-state index in [1.54, 1.807) is 29.2 Å². The number of benzene rings is 2. The van der Waals surface area contributed by atoms with Crippen LogP contribution in [0.4, 0.5) is 5.69 Å². The summed E-state index contributed by atoms with van der Waals surface area (Å²) in [4.78, 5) is 26.8. The van der Waals surface area contributed by atoms with Crippen LogP contribution in [0.1, 0.15) is 5.56 Å². The van der Waals surface area contributed by atoms with Gasteiger partial charge in [0.2, 0.25) is 5.91 Å². The van der Waals surface area contributed by atoms with Gasteiger partial charge in [0.1, 0.15) is 12.4 Å². The fourth-order valence-corrected chi connectivity index (χ4v) is 3.24. The normalized spacial score (nSPS) is 14.9. The van der Waals surface area contributed by atoms with Crippen LogP contribution in [0.25, 0.3) is 6.08 Å². The number of nitro benzene ring substituents is 1. The molecule has 2 aromatic carbocycles. The van der Waals surface area contributed by atoms with Gasteiger partial charge in [-0.05, 0) is 23.8 Å². The predicted octanol–water partition coefficient (Wildman–Crippen LogP) is 3.48. The average Bonchev–Trinajstić information content (AvgIpc) is 2.74. The molecule has 8 heteroatoms. The number of rotatable bonds is 7. The number of hydrogen-bond donors (Lipinski definition) is 0. The highest BCUT2D eigenvalue weighted by Crippen LogP contribution is 2.23. The molecule has 0 spiro atoms. The first-order chi connectivity index (χ1) is 14.0. The zero-order chi connectivity index (χ0) is 20.6. The fraction of sp³-hybridized carbons (Fsp3) is 0.286. The smallest absolute Gasteiger partial charge is 0.270 e. The van der Waals surface area contributed by atoms with Crippen LogP contribution in [-0.4, -0.2) is 60.0 Å². The number of carbonyl (C=O) groups excluding carboxylic acids is 1.